The third-order valence-electron chi connectivity index (χ3n) is 3.65. The fourth-order valence-electron chi connectivity index (χ4n) is 2.42. The van der Waals surface area contributed by atoms with Crippen LogP contribution in [0.1, 0.15) is 12.8 Å². The molecule has 0 spiro atoms. The lowest BCUT2D eigenvalue weighted by Gasteiger charge is -2.30. The molecule has 0 aliphatic carbocycles. The molecule has 0 radical (unpaired) electrons. The van der Waals surface area contributed by atoms with Gasteiger partial charge in [0.1, 0.15) is 0 Å². The number of hydrogen-bond acceptors (Lipinski definition) is 4. The fraction of sp³-hybridized carbons (Fsp3) is 0.533. The summed E-state index contributed by atoms with van der Waals surface area (Å²) >= 11 is -0.335. The molecule has 0 bridgehead atoms. The Kier molecular flexibility index (Phi) is 6.17. The Morgan fingerprint density at radius 2 is 1.87 bits per heavy atom. The summed E-state index contributed by atoms with van der Waals surface area (Å²) in [6, 6.07) is 7.39. The van der Waals surface area contributed by atoms with E-state index >= 15 is 0 Å². The molecular formula is C15H20F3N3OS. The predicted molar refractivity (Wildman–Crippen MR) is 87.7 cm³/mol. The molecule has 1 heterocycles. The molecule has 0 saturated carbocycles. The van der Waals surface area contributed by atoms with Crippen molar-refractivity contribution in [1.29, 1.82) is 0 Å². The molecule has 1 aliphatic heterocycles. The van der Waals surface area contributed by atoms with Crippen molar-refractivity contribution < 1.29 is 18.0 Å². The number of thioether (sulfide) groups is 1. The van der Waals surface area contributed by atoms with Crippen molar-refractivity contribution in [2.24, 2.45) is 0 Å². The summed E-state index contributed by atoms with van der Waals surface area (Å²) in [5.74, 6) is -1.31. The van der Waals surface area contributed by atoms with Crippen LogP contribution in [0, 0.1) is 0 Å². The summed E-state index contributed by atoms with van der Waals surface area (Å²) in [5.41, 5.74) is -3.14. The number of piperidine rings is 1. The minimum absolute atomic E-state index is 0.300. The maximum absolute atomic E-state index is 12.1. The first kappa shape index (κ1) is 17.9. The van der Waals surface area contributed by atoms with Crippen molar-refractivity contribution in [3.8, 4) is 0 Å². The van der Waals surface area contributed by atoms with E-state index in [0.29, 0.717) is 11.7 Å². The largest absolute Gasteiger partial charge is 0.442 e. The maximum atomic E-state index is 12.1. The minimum Gasteiger partial charge on any atom is -0.381 e. The van der Waals surface area contributed by atoms with Crippen LogP contribution in [0.4, 0.5) is 24.5 Å². The van der Waals surface area contributed by atoms with Crippen molar-refractivity contribution in [1.82, 2.24) is 4.90 Å². The molecule has 0 aromatic heterocycles. The lowest BCUT2D eigenvalue weighted by Crippen LogP contribution is -2.36. The summed E-state index contributed by atoms with van der Waals surface area (Å²) in [4.78, 5) is 13.9. The maximum Gasteiger partial charge on any atom is 0.442 e. The minimum atomic E-state index is -4.40. The quantitative estimate of drug-likeness (QED) is 0.857. The lowest BCUT2D eigenvalue weighted by molar-refractivity contribution is -0.114. The van der Waals surface area contributed by atoms with E-state index in [1.807, 2.05) is 12.1 Å². The standard InChI is InChI=1S/C15H20F3N3OS/c1-21-8-6-11(7-9-21)19-12-4-2-3-5-13(12)20-14(22)10-23-15(16,17)18/h2-5,11,19H,6-10H2,1H3,(H,20,22). The van der Waals surface area contributed by atoms with Crippen LogP contribution < -0.4 is 10.6 Å². The zero-order chi connectivity index (χ0) is 16.9. The summed E-state index contributed by atoms with van der Waals surface area (Å²) in [7, 11) is 2.07. The second-order valence-electron chi connectivity index (χ2n) is 5.55. The lowest BCUT2D eigenvalue weighted by atomic mass is 10.0. The second-order valence-corrected chi connectivity index (χ2v) is 6.59. The number of halogens is 3. The first-order valence-electron chi connectivity index (χ1n) is 7.38. The molecule has 1 aromatic carbocycles. The van der Waals surface area contributed by atoms with Crippen LogP contribution in [0.15, 0.2) is 24.3 Å². The highest BCUT2D eigenvalue weighted by Crippen LogP contribution is 2.30. The molecule has 1 aliphatic rings. The molecule has 0 atom stereocenters. The Balaban J connectivity index is 1.93. The number of hydrogen-bond donors (Lipinski definition) is 2. The van der Waals surface area contributed by atoms with Crippen LogP contribution in [-0.4, -0.2) is 48.2 Å². The zero-order valence-corrected chi connectivity index (χ0v) is 13.6. The first-order valence-corrected chi connectivity index (χ1v) is 8.37. The van der Waals surface area contributed by atoms with Gasteiger partial charge in [-0.2, -0.15) is 13.2 Å². The molecule has 2 rings (SSSR count). The SMILES string of the molecule is CN1CCC(Nc2ccccc2NC(=O)CSC(F)(F)F)CC1. The van der Waals surface area contributed by atoms with Crippen LogP contribution in [-0.2, 0) is 4.79 Å². The summed E-state index contributed by atoms with van der Waals surface area (Å²) in [5, 5.41) is 5.93. The van der Waals surface area contributed by atoms with E-state index in [0.717, 1.165) is 31.6 Å². The van der Waals surface area contributed by atoms with Gasteiger partial charge in [0.15, 0.2) is 0 Å². The number of nitrogens with zero attached hydrogens (tertiary/aromatic N) is 1. The number of nitrogens with one attached hydrogen (secondary N) is 2. The van der Waals surface area contributed by atoms with Gasteiger partial charge in [-0.05, 0) is 56.9 Å². The van der Waals surface area contributed by atoms with Gasteiger partial charge in [-0.3, -0.25) is 4.79 Å². The molecule has 2 N–H and O–H groups in total. The van der Waals surface area contributed by atoms with E-state index in [2.05, 4.69) is 22.6 Å². The Morgan fingerprint density at radius 3 is 2.48 bits per heavy atom. The number of rotatable bonds is 5. The van der Waals surface area contributed by atoms with Gasteiger partial charge in [0.25, 0.3) is 0 Å². The zero-order valence-electron chi connectivity index (χ0n) is 12.8. The summed E-state index contributed by atoms with van der Waals surface area (Å²) < 4.78 is 36.4. The monoisotopic (exact) mass is 347 g/mol. The average Bonchev–Trinajstić information content (AvgIpc) is 2.49. The third-order valence-corrected chi connectivity index (χ3v) is 4.38. The van der Waals surface area contributed by atoms with E-state index in [1.165, 1.54) is 0 Å². The number of benzene rings is 1. The molecule has 8 heteroatoms. The van der Waals surface area contributed by atoms with Crippen molar-refractivity contribution in [3.63, 3.8) is 0 Å². The number of carbonyl (C=O) groups excluding carboxylic acids is 1. The number of amides is 1. The summed E-state index contributed by atoms with van der Waals surface area (Å²) in [6.07, 6.45) is 1.98. The molecule has 4 nitrogen and oxygen atoms in total. The molecule has 23 heavy (non-hydrogen) atoms. The fourth-order valence-corrected chi connectivity index (χ4v) is 2.79. The van der Waals surface area contributed by atoms with Gasteiger partial charge in [0.2, 0.25) is 5.91 Å². The Labute approximate surface area is 137 Å². The van der Waals surface area contributed by atoms with Gasteiger partial charge in [0, 0.05) is 6.04 Å². The highest BCUT2D eigenvalue weighted by atomic mass is 32.2. The highest BCUT2D eigenvalue weighted by Gasteiger charge is 2.29. The Hall–Kier alpha value is -1.41. The van der Waals surface area contributed by atoms with Crippen molar-refractivity contribution >= 4 is 29.0 Å². The summed E-state index contributed by atoms with van der Waals surface area (Å²) in [6.45, 7) is 1.99. The normalized spacial score (nSPS) is 17.0. The second kappa shape index (κ2) is 7.92. The first-order chi connectivity index (χ1) is 10.8. The van der Waals surface area contributed by atoms with Gasteiger partial charge >= 0.3 is 5.51 Å². The van der Waals surface area contributed by atoms with Crippen LogP contribution >= 0.6 is 11.8 Å². The molecule has 0 unspecified atom stereocenters. The molecule has 1 saturated heterocycles. The van der Waals surface area contributed by atoms with E-state index in [-0.39, 0.29) is 11.8 Å². The molecule has 128 valence electrons. The van der Waals surface area contributed by atoms with Crippen molar-refractivity contribution in [2.75, 3.05) is 36.5 Å². The average molecular weight is 347 g/mol. The van der Waals surface area contributed by atoms with Crippen molar-refractivity contribution in [3.05, 3.63) is 24.3 Å². The number of carbonyl (C=O) groups is 1. The van der Waals surface area contributed by atoms with E-state index < -0.39 is 17.2 Å². The van der Waals surface area contributed by atoms with Crippen LogP contribution in [0.5, 0.6) is 0 Å². The van der Waals surface area contributed by atoms with Gasteiger partial charge in [-0.15, -0.1) is 0 Å². The van der Waals surface area contributed by atoms with Gasteiger partial charge < -0.3 is 15.5 Å². The van der Waals surface area contributed by atoms with E-state index in [9.17, 15) is 18.0 Å². The van der Waals surface area contributed by atoms with Crippen LogP contribution in [0.25, 0.3) is 0 Å². The number of alkyl halides is 3. The van der Waals surface area contributed by atoms with E-state index in [4.69, 9.17) is 0 Å². The molecule has 1 amide bonds. The van der Waals surface area contributed by atoms with Gasteiger partial charge in [-0.25, -0.2) is 0 Å². The van der Waals surface area contributed by atoms with Crippen molar-refractivity contribution in [2.45, 2.75) is 24.4 Å². The topological polar surface area (TPSA) is 44.4 Å². The van der Waals surface area contributed by atoms with Crippen LogP contribution in [0.3, 0.4) is 0 Å². The smallest absolute Gasteiger partial charge is 0.381 e. The Bertz CT molecular complexity index is 531. The number of anilines is 2. The molecule has 1 aromatic rings. The predicted octanol–water partition coefficient (Wildman–Crippen LogP) is 3.38. The van der Waals surface area contributed by atoms with Gasteiger partial charge in [-0.1, -0.05) is 12.1 Å². The van der Waals surface area contributed by atoms with Gasteiger partial charge in [0.05, 0.1) is 17.1 Å². The van der Waals surface area contributed by atoms with Crippen LogP contribution in [0.2, 0.25) is 0 Å². The number of likely N-dealkylation sites (tertiary alicyclic amines) is 1. The molecular weight excluding hydrogens is 327 g/mol. The van der Waals surface area contributed by atoms with E-state index in [1.54, 1.807) is 12.1 Å². The highest BCUT2D eigenvalue weighted by molar-refractivity contribution is 8.00. The third kappa shape index (κ3) is 6.31. The number of para-hydroxylation sites is 2. The Morgan fingerprint density at radius 1 is 1.26 bits per heavy atom. The molecule has 1 fully saturated rings.